The average Bonchev–Trinajstić information content (AvgIpc) is 2.74. The minimum atomic E-state index is -2.79. The van der Waals surface area contributed by atoms with Crippen LogP contribution in [0.1, 0.15) is 19.8 Å². The molecule has 0 aliphatic carbocycles. The highest BCUT2D eigenvalue weighted by molar-refractivity contribution is 7.91. The molecule has 0 bridgehead atoms. The SMILES string of the molecule is CCCNc1cccc(NCC2CCS(=O)(=O)C2)n1. The van der Waals surface area contributed by atoms with Crippen LogP contribution in [0, 0.1) is 5.92 Å². The lowest BCUT2D eigenvalue weighted by molar-refractivity contribution is 0.595. The molecule has 0 spiro atoms. The number of pyridine rings is 1. The molecule has 0 aromatic carbocycles. The zero-order valence-electron chi connectivity index (χ0n) is 11.2. The zero-order valence-corrected chi connectivity index (χ0v) is 12.0. The van der Waals surface area contributed by atoms with Gasteiger partial charge in [0.1, 0.15) is 11.6 Å². The first-order chi connectivity index (χ1) is 9.09. The van der Waals surface area contributed by atoms with E-state index >= 15 is 0 Å². The van der Waals surface area contributed by atoms with E-state index in [4.69, 9.17) is 0 Å². The second-order valence-electron chi connectivity index (χ2n) is 4.98. The summed E-state index contributed by atoms with van der Waals surface area (Å²) in [6.07, 6.45) is 1.81. The Morgan fingerprint density at radius 2 is 2.05 bits per heavy atom. The van der Waals surface area contributed by atoms with E-state index in [9.17, 15) is 8.42 Å². The molecule has 2 N–H and O–H groups in total. The summed E-state index contributed by atoms with van der Waals surface area (Å²) in [7, 11) is -2.79. The molecule has 2 rings (SSSR count). The molecule has 0 radical (unpaired) electrons. The summed E-state index contributed by atoms with van der Waals surface area (Å²) in [4.78, 5) is 4.44. The highest BCUT2D eigenvalue weighted by Gasteiger charge is 2.27. The van der Waals surface area contributed by atoms with E-state index in [0.29, 0.717) is 18.1 Å². The maximum atomic E-state index is 11.4. The topological polar surface area (TPSA) is 71.1 Å². The van der Waals surface area contributed by atoms with Crippen LogP contribution in [0.5, 0.6) is 0 Å². The lowest BCUT2D eigenvalue weighted by Crippen LogP contribution is -2.16. The van der Waals surface area contributed by atoms with Crippen molar-refractivity contribution in [1.82, 2.24) is 4.98 Å². The van der Waals surface area contributed by atoms with Crippen LogP contribution in [0.4, 0.5) is 11.6 Å². The fourth-order valence-electron chi connectivity index (χ4n) is 2.17. The van der Waals surface area contributed by atoms with E-state index in [1.165, 1.54) is 0 Å². The van der Waals surface area contributed by atoms with Crippen LogP contribution in [0.3, 0.4) is 0 Å². The first kappa shape index (κ1) is 14.1. The fourth-order valence-corrected chi connectivity index (χ4v) is 4.03. The summed E-state index contributed by atoms with van der Waals surface area (Å²) in [6, 6.07) is 5.78. The molecule has 0 amide bonds. The van der Waals surface area contributed by atoms with Gasteiger partial charge in [0, 0.05) is 13.1 Å². The van der Waals surface area contributed by atoms with Crippen LogP contribution < -0.4 is 10.6 Å². The zero-order chi connectivity index (χ0) is 13.7. The Hall–Kier alpha value is -1.30. The molecule has 1 unspecified atom stereocenters. The van der Waals surface area contributed by atoms with Gasteiger partial charge in [0.05, 0.1) is 11.5 Å². The van der Waals surface area contributed by atoms with E-state index in [1.54, 1.807) is 0 Å². The Balaban J connectivity index is 1.86. The van der Waals surface area contributed by atoms with E-state index in [2.05, 4.69) is 22.5 Å². The number of hydrogen-bond acceptors (Lipinski definition) is 5. The number of sulfone groups is 1. The van der Waals surface area contributed by atoms with Crippen molar-refractivity contribution in [2.75, 3.05) is 35.2 Å². The molecule has 2 heterocycles. The van der Waals surface area contributed by atoms with Crippen molar-refractivity contribution in [2.45, 2.75) is 19.8 Å². The van der Waals surface area contributed by atoms with Gasteiger partial charge in [-0.2, -0.15) is 0 Å². The average molecular weight is 283 g/mol. The van der Waals surface area contributed by atoms with Crippen LogP contribution in [-0.4, -0.2) is 38.0 Å². The first-order valence-electron chi connectivity index (χ1n) is 6.74. The maximum absolute atomic E-state index is 11.4. The van der Waals surface area contributed by atoms with Crippen molar-refractivity contribution in [2.24, 2.45) is 5.92 Å². The fraction of sp³-hybridized carbons (Fsp3) is 0.615. The number of anilines is 2. The van der Waals surface area contributed by atoms with Crippen molar-refractivity contribution in [1.29, 1.82) is 0 Å². The summed E-state index contributed by atoms with van der Waals surface area (Å²) < 4.78 is 22.7. The van der Waals surface area contributed by atoms with E-state index < -0.39 is 9.84 Å². The number of nitrogens with zero attached hydrogens (tertiary/aromatic N) is 1. The molecular formula is C13H21N3O2S. The molecule has 1 aliphatic heterocycles. The smallest absolute Gasteiger partial charge is 0.150 e. The van der Waals surface area contributed by atoms with Crippen LogP contribution in [-0.2, 0) is 9.84 Å². The number of rotatable bonds is 6. The van der Waals surface area contributed by atoms with Gasteiger partial charge < -0.3 is 10.6 Å². The Morgan fingerprint density at radius 1 is 1.32 bits per heavy atom. The molecule has 1 saturated heterocycles. The Bertz CT molecular complexity index is 516. The van der Waals surface area contributed by atoms with Crippen LogP contribution in [0.15, 0.2) is 18.2 Å². The van der Waals surface area contributed by atoms with Gasteiger partial charge in [-0.3, -0.25) is 0 Å². The monoisotopic (exact) mass is 283 g/mol. The summed E-state index contributed by atoms with van der Waals surface area (Å²) >= 11 is 0. The lowest BCUT2D eigenvalue weighted by atomic mass is 10.1. The second kappa shape index (κ2) is 6.23. The molecule has 19 heavy (non-hydrogen) atoms. The largest absolute Gasteiger partial charge is 0.370 e. The summed E-state index contributed by atoms with van der Waals surface area (Å²) in [5.41, 5.74) is 0. The molecule has 0 saturated carbocycles. The highest BCUT2D eigenvalue weighted by Crippen LogP contribution is 2.19. The molecule has 1 aliphatic rings. The third kappa shape index (κ3) is 4.38. The van der Waals surface area contributed by atoms with Gasteiger partial charge in [0.2, 0.25) is 0 Å². The van der Waals surface area contributed by atoms with Crippen molar-refractivity contribution in [3.05, 3.63) is 18.2 Å². The summed E-state index contributed by atoms with van der Waals surface area (Å²) in [5.74, 6) is 2.48. The quantitative estimate of drug-likeness (QED) is 0.832. The van der Waals surface area contributed by atoms with Crippen molar-refractivity contribution < 1.29 is 8.42 Å². The normalized spacial score (nSPS) is 21.2. The van der Waals surface area contributed by atoms with E-state index in [0.717, 1.165) is 31.0 Å². The number of nitrogens with one attached hydrogen (secondary N) is 2. The molecule has 1 aromatic heterocycles. The van der Waals surface area contributed by atoms with Gasteiger partial charge in [-0.15, -0.1) is 0 Å². The minimum Gasteiger partial charge on any atom is -0.370 e. The standard InChI is InChI=1S/C13H21N3O2S/c1-2-7-14-12-4-3-5-13(16-12)15-9-11-6-8-19(17,18)10-11/h3-5,11H,2,6-10H2,1H3,(H2,14,15,16). The van der Waals surface area contributed by atoms with Crippen LogP contribution in [0.25, 0.3) is 0 Å². The van der Waals surface area contributed by atoms with E-state index in [1.807, 2.05) is 18.2 Å². The highest BCUT2D eigenvalue weighted by atomic mass is 32.2. The van der Waals surface area contributed by atoms with Crippen molar-refractivity contribution >= 4 is 21.5 Å². The van der Waals surface area contributed by atoms with Gasteiger partial charge in [-0.25, -0.2) is 13.4 Å². The molecule has 6 heteroatoms. The Labute approximate surface area is 114 Å². The van der Waals surface area contributed by atoms with Gasteiger partial charge in [-0.05, 0) is 30.9 Å². The molecule has 1 atom stereocenters. The number of hydrogen-bond donors (Lipinski definition) is 2. The van der Waals surface area contributed by atoms with Crippen LogP contribution >= 0.6 is 0 Å². The maximum Gasteiger partial charge on any atom is 0.150 e. The summed E-state index contributed by atoms with van der Waals surface area (Å²) in [5, 5.41) is 6.45. The van der Waals surface area contributed by atoms with E-state index in [-0.39, 0.29) is 5.92 Å². The summed E-state index contributed by atoms with van der Waals surface area (Å²) in [6.45, 7) is 3.68. The Morgan fingerprint density at radius 3 is 2.68 bits per heavy atom. The third-order valence-corrected chi connectivity index (χ3v) is 5.04. The van der Waals surface area contributed by atoms with Gasteiger partial charge in [0.25, 0.3) is 0 Å². The predicted octanol–water partition coefficient (Wildman–Crippen LogP) is 1.75. The van der Waals surface area contributed by atoms with Crippen LogP contribution in [0.2, 0.25) is 0 Å². The molecule has 1 fully saturated rings. The number of aromatic nitrogens is 1. The molecule has 106 valence electrons. The van der Waals surface area contributed by atoms with Gasteiger partial charge in [-0.1, -0.05) is 13.0 Å². The third-order valence-electron chi connectivity index (χ3n) is 3.20. The predicted molar refractivity (Wildman–Crippen MR) is 78.3 cm³/mol. The van der Waals surface area contributed by atoms with Gasteiger partial charge in [0.15, 0.2) is 9.84 Å². The first-order valence-corrected chi connectivity index (χ1v) is 8.56. The Kier molecular flexibility index (Phi) is 4.63. The second-order valence-corrected chi connectivity index (χ2v) is 7.21. The van der Waals surface area contributed by atoms with Gasteiger partial charge >= 0.3 is 0 Å². The molecule has 5 nitrogen and oxygen atoms in total. The van der Waals surface area contributed by atoms with Crippen molar-refractivity contribution in [3.8, 4) is 0 Å². The minimum absolute atomic E-state index is 0.207. The lowest BCUT2D eigenvalue weighted by Gasteiger charge is -2.11. The molecule has 1 aromatic rings. The van der Waals surface area contributed by atoms with Crippen molar-refractivity contribution in [3.63, 3.8) is 0 Å². The molecular weight excluding hydrogens is 262 g/mol.